The molecule has 166 valence electrons. The van der Waals surface area contributed by atoms with Gasteiger partial charge in [-0.1, -0.05) is 12.1 Å². The summed E-state index contributed by atoms with van der Waals surface area (Å²) in [7, 11) is 0. The lowest BCUT2D eigenvalue weighted by molar-refractivity contribution is 0.310. The summed E-state index contributed by atoms with van der Waals surface area (Å²) in [4.78, 5) is 11.1. The first-order valence-corrected chi connectivity index (χ1v) is 11.3. The number of pyridine rings is 2. The number of hydrogen-bond donors (Lipinski definition) is 1. The van der Waals surface area contributed by atoms with Crippen molar-refractivity contribution in [3.63, 3.8) is 0 Å². The van der Waals surface area contributed by atoms with Crippen molar-refractivity contribution in [2.24, 2.45) is 0 Å². The minimum Gasteiger partial charge on any atom is -0.352 e. The Kier molecular flexibility index (Phi) is 5.64. The van der Waals surface area contributed by atoms with Gasteiger partial charge in [0, 0.05) is 42.2 Å². The van der Waals surface area contributed by atoms with E-state index < -0.39 is 0 Å². The zero-order valence-electron chi connectivity index (χ0n) is 18.4. The maximum absolute atomic E-state index is 13.5. The van der Waals surface area contributed by atoms with E-state index in [0.717, 1.165) is 33.9 Å². The SMILES string of the molecule is Cc1cc([C@H]2[C@H](c3ccccn3)NC(=S)N2Cc2cccnc2)c(C)n1-c1ccc(F)cc1. The number of halogens is 1. The van der Waals surface area contributed by atoms with Gasteiger partial charge in [-0.25, -0.2) is 4.39 Å². The van der Waals surface area contributed by atoms with Crippen LogP contribution in [-0.4, -0.2) is 24.5 Å². The molecule has 0 saturated carbocycles. The highest BCUT2D eigenvalue weighted by Crippen LogP contribution is 2.42. The van der Waals surface area contributed by atoms with Gasteiger partial charge in [-0.15, -0.1) is 0 Å². The van der Waals surface area contributed by atoms with E-state index >= 15 is 0 Å². The standard InChI is InChI=1S/C26H24FN5S/c1-17-14-22(18(2)32(17)21-10-8-20(27)9-11-21)25-24(23-7-3-4-13-29-23)30-26(33)31(25)16-19-6-5-12-28-15-19/h3-15,24-25H,16H2,1-2H3,(H,30,33)/t24-,25-/m0/s1. The lowest BCUT2D eigenvalue weighted by Gasteiger charge is -2.28. The van der Waals surface area contributed by atoms with Gasteiger partial charge in [-0.05, 0) is 85.7 Å². The van der Waals surface area contributed by atoms with Crippen molar-refractivity contribution in [1.29, 1.82) is 0 Å². The monoisotopic (exact) mass is 457 g/mol. The Labute approximate surface area is 197 Å². The third-order valence-corrected chi connectivity index (χ3v) is 6.50. The molecule has 1 aromatic carbocycles. The van der Waals surface area contributed by atoms with Gasteiger partial charge in [0.1, 0.15) is 5.82 Å². The number of rotatable bonds is 5. The first kappa shape index (κ1) is 21.3. The molecule has 0 radical (unpaired) electrons. The van der Waals surface area contributed by atoms with Gasteiger partial charge >= 0.3 is 0 Å². The van der Waals surface area contributed by atoms with Crippen molar-refractivity contribution in [2.45, 2.75) is 32.5 Å². The molecule has 4 heterocycles. The summed E-state index contributed by atoms with van der Waals surface area (Å²) in [5.74, 6) is -0.246. The number of nitrogens with zero attached hydrogens (tertiary/aromatic N) is 4. The molecule has 0 aliphatic carbocycles. The molecule has 0 spiro atoms. The number of aromatic nitrogens is 3. The van der Waals surface area contributed by atoms with Gasteiger partial charge < -0.3 is 14.8 Å². The highest BCUT2D eigenvalue weighted by Gasteiger charge is 2.41. The molecule has 5 nitrogen and oxygen atoms in total. The van der Waals surface area contributed by atoms with Crippen molar-refractivity contribution in [3.05, 3.63) is 113 Å². The van der Waals surface area contributed by atoms with Gasteiger partial charge in [0.05, 0.1) is 17.8 Å². The van der Waals surface area contributed by atoms with Gasteiger partial charge in [0.25, 0.3) is 0 Å². The lowest BCUT2D eigenvalue weighted by atomic mass is 9.96. The molecule has 3 aromatic heterocycles. The van der Waals surface area contributed by atoms with Crippen LogP contribution < -0.4 is 5.32 Å². The van der Waals surface area contributed by atoms with Crippen LogP contribution in [0.5, 0.6) is 0 Å². The van der Waals surface area contributed by atoms with Crippen LogP contribution in [0.15, 0.2) is 79.3 Å². The van der Waals surface area contributed by atoms with E-state index in [4.69, 9.17) is 12.2 Å². The summed E-state index contributed by atoms with van der Waals surface area (Å²) < 4.78 is 15.7. The lowest BCUT2D eigenvalue weighted by Crippen LogP contribution is -2.29. The molecule has 1 fully saturated rings. The van der Waals surface area contributed by atoms with Gasteiger partial charge in [-0.3, -0.25) is 9.97 Å². The number of aryl methyl sites for hydroxylation is 1. The average Bonchev–Trinajstić information content (AvgIpc) is 3.31. The van der Waals surface area contributed by atoms with Crippen molar-refractivity contribution in [2.75, 3.05) is 0 Å². The topological polar surface area (TPSA) is 46.0 Å². The third-order valence-electron chi connectivity index (χ3n) is 6.15. The molecule has 1 saturated heterocycles. The molecular formula is C26H24FN5S. The normalized spacial score (nSPS) is 17.9. The zero-order chi connectivity index (χ0) is 22.9. The average molecular weight is 458 g/mol. The van der Waals surface area contributed by atoms with E-state index in [2.05, 4.69) is 50.7 Å². The van der Waals surface area contributed by atoms with Crippen molar-refractivity contribution in [1.82, 2.24) is 24.8 Å². The number of benzene rings is 1. The van der Waals surface area contributed by atoms with Crippen LogP contribution in [0.3, 0.4) is 0 Å². The molecule has 0 unspecified atom stereocenters. The van der Waals surface area contributed by atoms with Gasteiger partial charge in [0.2, 0.25) is 0 Å². The Hall–Kier alpha value is -3.58. The second-order valence-corrected chi connectivity index (χ2v) is 8.64. The van der Waals surface area contributed by atoms with Crippen LogP contribution in [-0.2, 0) is 6.54 Å². The first-order chi connectivity index (χ1) is 16.0. The van der Waals surface area contributed by atoms with Crippen LogP contribution in [0.2, 0.25) is 0 Å². The van der Waals surface area contributed by atoms with Crippen LogP contribution in [0.1, 0.15) is 40.3 Å². The van der Waals surface area contributed by atoms with Crippen LogP contribution >= 0.6 is 12.2 Å². The maximum atomic E-state index is 13.5. The molecule has 1 N–H and O–H groups in total. The molecular weight excluding hydrogens is 433 g/mol. The van der Waals surface area contributed by atoms with Gasteiger partial charge in [0.15, 0.2) is 5.11 Å². The van der Waals surface area contributed by atoms with Crippen molar-refractivity contribution >= 4 is 17.3 Å². The highest BCUT2D eigenvalue weighted by molar-refractivity contribution is 7.80. The summed E-state index contributed by atoms with van der Waals surface area (Å²) in [5.41, 5.74) is 6.27. The van der Waals surface area contributed by atoms with E-state index in [0.29, 0.717) is 11.7 Å². The molecule has 7 heteroatoms. The fourth-order valence-corrected chi connectivity index (χ4v) is 4.98. The minimum absolute atomic E-state index is 0.0620. The number of thiocarbonyl (C=S) groups is 1. The molecule has 2 atom stereocenters. The number of hydrogen-bond acceptors (Lipinski definition) is 3. The summed E-state index contributed by atoms with van der Waals surface area (Å²) in [6.45, 7) is 4.81. The minimum atomic E-state index is -0.246. The van der Waals surface area contributed by atoms with E-state index in [1.165, 1.54) is 12.1 Å². The molecule has 1 aliphatic rings. The van der Waals surface area contributed by atoms with E-state index in [1.807, 2.05) is 36.7 Å². The summed E-state index contributed by atoms with van der Waals surface area (Å²) in [6, 6.07) is 18.6. The second-order valence-electron chi connectivity index (χ2n) is 8.25. The summed E-state index contributed by atoms with van der Waals surface area (Å²) >= 11 is 5.80. The van der Waals surface area contributed by atoms with E-state index in [9.17, 15) is 4.39 Å². The first-order valence-electron chi connectivity index (χ1n) is 10.8. The Morgan fingerprint density at radius 1 is 1.03 bits per heavy atom. The number of nitrogens with one attached hydrogen (secondary N) is 1. The van der Waals surface area contributed by atoms with Crippen LogP contribution in [0.25, 0.3) is 5.69 Å². The third kappa shape index (κ3) is 4.00. The predicted molar refractivity (Wildman–Crippen MR) is 130 cm³/mol. The van der Waals surface area contributed by atoms with Crippen molar-refractivity contribution in [3.8, 4) is 5.69 Å². The van der Waals surface area contributed by atoms with Crippen molar-refractivity contribution < 1.29 is 4.39 Å². The second kappa shape index (κ2) is 8.75. The smallest absolute Gasteiger partial charge is 0.170 e. The maximum Gasteiger partial charge on any atom is 0.170 e. The zero-order valence-corrected chi connectivity index (χ0v) is 19.3. The van der Waals surface area contributed by atoms with E-state index in [-0.39, 0.29) is 17.9 Å². The van der Waals surface area contributed by atoms with Crippen LogP contribution in [0, 0.1) is 19.7 Å². The molecule has 0 amide bonds. The molecule has 5 rings (SSSR count). The fourth-order valence-electron chi connectivity index (χ4n) is 4.68. The Morgan fingerprint density at radius 2 is 1.85 bits per heavy atom. The quantitative estimate of drug-likeness (QED) is 0.418. The molecule has 0 bridgehead atoms. The Balaban J connectivity index is 1.61. The summed E-state index contributed by atoms with van der Waals surface area (Å²) in [6.07, 6.45) is 5.45. The van der Waals surface area contributed by atoms with Gasteiger partial charge in [-0.2, -0.15) is 0 Å². The predicted octanol–water partition coefficient (Wildman–Crippen LogP) is 5.20. The Bertz CT molecular complexity index is 1270. The van der Waals surface area contributed by atoms with Crippen LogP contribution in [0.4, 0.5) is 4.39 Å². The fraction of sp³-hybridized carbons (Fsp3) is 0.192. The molecule has 4 aromatic rings. The molecule has 1 aliphatic heterocycles. The Morgan fingerprint density at radius 3 is 2.55 bits per heavy atom. The molecule has 33 heavy (non-hydrogen) atoms. The largest absolute Gasteiger partial charge is 0.352 e. The highest BCUT2D eigenvalue weighted by atomic mass is 32.1. The summed E-state index contributed by atoms with van der Waals surface area (Å²) in [5, 5.41) is 4.19. The van der Waals surface area contributed by atoms with E-state index in [1.54, 1.807) is 18.3 Å².